The molecule has 4 heteroatoms. The van der Waals surface area contributed by atoms with Gasteiger partial charge in [0.25, 0.3) is 0 Å². The van der Waals surface area contributed by atoms with Crippen LogP contribution in [0, 0.1) is 0 Å². The number of nitrogens with one attached hydrogen (secondary N) is 1. The number of hydrogen-bond donors (Lipinski definition) is 1. The molecular formula is C11H20N4. The third-order valence-corrected chi connectivity index (χ3v) is 2.09. The Labute approximate surface area is 91.7 Å². The Balaban J connectivity index is 2.21. The summed E-state index contributed by atoms with van der Waals surface area (Å²) in [5.41, 5.74) is 1.02. The Hall–Kier alpha value is -1.00. The molecule has 0 aromatic carbocycles. The first-order chi connectivity index (χ1) is 7.18. The zero-order valence-corrected chi connectivity index (χ0v) is 9.77. The summed E-state index contributed by atoms with van der Waals surface area (Å²) >= 11 is 0. The van der Waals surface area contributed by atoms with Gasteiger partial charge in [0.2, 0.25) is 0 Å². The van der Waals surface area contributed by atoms with E-state index in [1.54, 1.807) is 12.4 Å². The molecule has 0 saturated carbocycles. The van der Waals surface area contributed by atoms with Crippen LogP contribution in [0.15, 0.2) is 18.6 Å². The second kappa shape index (κ2) is 6.48. The summed E-state index contributed by atoms with van der Waals surface area (Å²) in [5, 5.41) is 3.38. The number of hydrogen-bond acceptors (Lipinski definition) is 4. The van der Waals surface area contributed by atoms with Gasteiger partial charge >= 0.3 is 0 Å². The Morgan fingerprint density at radius 2 is 2.20 bits per heavy atom. The summed E-state index contributed by atoms with van der Waals surface area (Å²) in [7, 11) is 2.09. The maximum atomic E-state index is 4.24. The van der Waals surface area contributed by atoms with Crippen molar-refractivity contribution in [2.24, 2.45) is 0 Å². The molecule has 0 spiro atoms. The number of rotatable bonds is 6. The number of likely N-dealkylation sites (N-methyl/N-ethyl adjacent to an activating group) is 1. The molecule has 0 aliphatic carbocycles. The maximum Gasteiger partial charge on any atom is 0.0726 e. The van der Waals surface area contributed by atoms with Crippen LogP contribution in [0.1, 0.15) is 19.5 Å². The van der Waals surface area contributed by atoms with Crippen LogP contribution in [0.2, 0.25) is 0 Å². The fourth-order valence-electron chi connectivity index (χ4n) is 1.31. The number of aromatic nitrogens is 2. The normalized spacial score (nSPS) is 11.3. The van der Waals surface area contributed by atoms with Crippen LogP contribution in [0.25, 0.3) is 0 Å². The number of nitrogens with zero attached hydrogens (tertiary/aromatic N) is 3. The molecule has 0 saturated heterocycles. The summed E-state index contributed by atoms with van der Waals surface area (Å²) in [6.45, 7) is 7.20. The summed E-state index contributed by atoms with van der Waals surface area (Å²) < 4.78 is 0. The van der Waals surface area contributed by atoms with Crippen molar-refractivity contribution in [3.8, 4) is 0 Å². The van der Waals surface area contributed by atoms with Crippen LogP contribution < -0.4 is 5.32 Å². The van der Waals surface area contributed by atoms with Gasteiger partial charge < -0.3 is 5.32 Å². The van der Waals surface area contributed by atoms with Gasteiger partial charge in [-0.15, -0.1) is 0 Å². The smallest absolute Gasteiger partial charge is 0.0726 e. The molecule has 1 heterocycles. The maximum absolute atomic E-state index is 4.24. The Morgan fingerprint density at radius 1 is 1.40 bits per heavy atom. The fourth-order valence-corrected chi connectivity index (χ4v) is 1.31. The van der Waals surface area contributed by atoms with E-state index in [-0.39, 0.29) is 0 Å². The molecule has 15 heavy (non-hydrogen) atoms. The first-order valence-corrected chi connectivity index (χ1v) is 5.35. The lowest BCUT2D eigenvalue weighted by molar-refractivity contribution is 0.316. The van der Waals surface area contributed by atoms with Crippen molar-refractivity contribution in [3.63, 3.8) is 0 Å². The van der Waals surface area contributed by atoms with E-state index in [0.717, 1.165) is 25.3 Å². The van der Waals surface area contributed by atoms with Gasteiger partial charge in [-0.05, 0) is 7.05 Å². The van der Waals surface area contributed by atoms with Crippen LogP contribution in [0.3, 0.4) is 0 Å². The molecule has 1 aromatic heterocycles. The molecule has 1 rings (SSSR count). The minimum absolute atomic E-state index is 0.551. The van der Waals surface area contributed by atoms with Crippen molar-refractivity contribution < 1.29 is 0 Å². The van der Waals surface area contributed by atoms with Crippen molar-refractivity contribution in [2.75, 3.05) is 20.1 Å². The van der Waals surface area contributed by atoms with Gasteiger partial charge in [0.15, 0.2) is 0 Å². The molecule has 0 aliphatic heterocycles. The summed E-state index contributed by atoms with van der Waals surface area (Å²) in [5.74, 6) is 0. The Morgan fingerprint density at radius 3 is 2.80 bits per heavy atom. The summed E-state index contributed by atoms with van der Waals surface area (Å²) in [4.78, 5) is 10.5. The largest absolute Gasteiger partial charge is 0.313 e. The average molecular weight is 208 g/mol. The van der Waals surface area contributed by atoms with Crippen LogP contribution >= 0.6 is 0 Å². The average Bonchev–Trinajstić information content (AvgIpc) is 2.18. The van der Waals surface area contributed by atoms with Gasteiger partial charge in [-0.3, -0.25) is 14.9 Å². The quantitative estimate of drug-likeness (QED) is 0.754. The third kappa shape index (κ3) is 5.44. The second-order valence-electron chi connectivity index (χ2n) is 4.04. The highest BCUT2D eigenvalue weighted by Crippen LogP contribution is 1.95. The highest BCUT2D eigenvalue weighted by atomic mass is 15.1. The van der Waals surface area contributed by atoms with Gasteiger partial charge in [0.05, 0.1) is 5.69 Å². The molecule has 4 nitrogen and oxygen atoms in total. The zero-order valence-electron chi connectivity index (χ0n) is 9.77. The zero-order chi connectivity index (χ0) is 11.1. The second-order valence-corrected chi connectivity index (χ2v) is 4.04. The van der Waals surface area contributed by atoms with Crippen molar-refractivity contribution in [1.29, 1.82) is 0 Å². The molecule has 84 valence electrons. The van der Waals surface area contributed by atoms with Gasteiger partial charge in [-0.1, -0.05) is 13.8 Å². The molecular weight excluding hydrogens is 188 g/mol. The van der Waals surface area contributed by atoms with Crippen LogP contribution in [-0.2, 0) is 6.54 Å². The van der Waals surface area contributed by atoms with Crippen molar-refractivity contribution in [1.82, 2.24) is 20.2 Å². The van der Waals surface area contributed by atoms with E-state index in [9.17, 15) is 0 Å². The van der Waals surface area contributed by atoms with E-state index < -0.39 is 0 Å². The van der Waals surface area contributed by atoms with E-state index in [0.29, 0.717) is 6.04 Å². The molecule has 0 amide bonds. The van der Waals surface area contributed by atoms with Gasteiger partial charge in [0, 0.05) is 44.3 Å². The van der Waals surface area contributed by atoms with E-state index in [4.69, 9.17) is 0 Å². The molecule has 0 atom stereocenters. The highest BCUT2D eigenvalue weighted by molar-refractivity contribution is 4.93. The van der Waals surface area contributed by atoms with Crippen molar-refractivity contribution >= 4 is 0 Å². The Kier molecular flexibility index (Phi) is 5.21. The van der Waals surface area contributed by atoms with Gasteiger partial charge in [0.1, 0.15) is 0 Å². The fraction of sp³-hybridized carbons (Fsp3) is 0.636. The molecule has 0 bridgehead atoms. The van der Waals surface area contributed by atoms with E-state index in [2.05, 4.69) is 41.1 Å². The van der Waals surface area contributed by atoms with E-state index in [1.807, 2.05) is 6.20 Å². The minimum atomic E-state index is 0.551. The van der Waals surface area contributed by atoms with Gasteiger partial charge in [-0.25, -0.2) is 0 Å². The van der Waals surface area contributed by atoms with Gasteiger partial charge in [-0.2, -0.15) is 0 Å². The highest BCUT2D eigenvalue weighted by Gasteiger charge is 2.01. The topological polar surface area (TPSA) is 41.0 Å². The summed E-state index contributed by atoms with van der Waals surface area (Å²) in [6, 6.07) is 0.551. The van der Waals surface area contributed by atoms with E-state index >= 15 is 0 Å². The lowest BCUT2D eigenvalue weighted by atomic mass is 10.3. The van der Waals surface area contributed by atoms with Crippen LogP contribution in [0.4, 0.5) is 0 Å². The monoisotopic (exact) mass is 208 g/mol. The first-order valence-electron chi connectivity index (χ1n) is 5.35. The van der Waals surface area contributed by atoms with Crippen molar-refractivity contribution in [2.45, 2.75) is 26.4 Å². The minimum Gasteiger partial charge on any atom is -0.313 e. The third-order valence-electron chi connectivity index (χ3n) is 2.09. The molecule has 0 aliphatic rings. The predicted octanol–water partition coefficient (Wildman–Crippen LogP) is 0.906. The van der Waals surface area contributed by atoms with E-state index in [1.165, 1.54) is 0 Å². The lowest BCUT2D eigenvalue weighted by Gasteiger charge is -2.17. The molecule has 1 N–H and O–H groups in total. The van der Waals surface area contributed by atoms with Crippen LogP contribution in [0.5, 0.6) is 0 Å². The lowest BCUT2D eigenvalue weighted by Crippen LogP contribution is -2.32. The molecule has 0 fully saturated rings. The van der Waals surface area contributed by atoms with Crippen molar-refractivity contribution in [3.05, 3.63) is 24.3 Å². The summed E-state index contributed by atoms with van der Waals surface area (Å²) in [6.07, 6.45) is 5.24. The standard InChI is InChI=1S/C11H20N4/c1-10(2)13-6-7-15(3)9-11-8-12-4-5-14-11/h4-5,8,10,13H,6-7,9H2,1-3H3. The molecule has 1 aromatic rings. The SMILES string of the molecule is CC(C)NCCN(C)Cc1cnccn1. The van der Waals surface area contributed by atoms with Crippen LogP contribution in [-0.4, -0.2) is 41.0 Å². The molecule has 0 radical (unpaired) electrons. The first kappa shape index (κ1) is 12.1. The molecule has 0 unspecified atom stereocenters. The predicted molar refractivity (Wildman–Crippen MR) is 61.5 cm³/mol. The Bertz CT molecular complexity index is 261.